The molecule has 1 atom stereocenters. The number of fused-ring (bicyclic) bond motifs is 2. The topological polar surface area (TPSA) is 15.3 Å². The molecule has 1 unspecified atom stereocenters. The van der Waals surface area contributed by atoms with Gasteiger partial charge in [0.15, 0.2) is 0 Å². The lowest BCUT2D eigenvalue weighted by atomic mass is 10.1. The Hall–Kier alpha value is -1.96. The molecule has 2 aromatic rings. The van der Waals surface area contributed by atoms with Gasteiger partial charge in [0.05, 0.1) is 0 Å². The predicted molar refractivity (Wildman–Crippen MR) is 84.5 cm³/mol. The van der Waals surface area contributed by atoms with E-state index in [0.29, 0.717) is 6.04 Å². The van der Waals surface area contributed by atoms with Crippen molar-refractivity contribution in [2.24, 2.45) is 0 Å². The summed E-state index contributed by atoms with van der Waals surface area (Å²) in [6.07, 6.45) is 3.60. The van der Waals surface area contributed by atoms with Gasteiger partial charge in [-0.2, -0.15) is 0 Å². The molecule has 20 heavy (non-hydrogen) atoms. The van der Waals surface area contributed by atoms with Crippen LogP contribution in [0.5, 0.6) is 0 Å². The summed E-state index contributed by atoms with van der Waals surface area (Å²) in [5.41, 5.74) is 5.74. The maximum Gasteiger partial charge on any atom is 0.0466 e. The number of aryl methyl sites for hydroxylation is 1. The highest BCUT2D eigenvalue weighted by Crippen LogP contribution is 2.32. The van der Waals surface area contributed by atoms with Gasteiger partial charge in [-0.3, -0.25) is 0 Å². The molecule has 2 heterocycles. The van der Waals surface area contributed by atoms with Crippen LogP contribution in [0, 0.1) is 0 Å². The smallest absolute Gasteiger partial charge is 0.0466 e. The van der Waals surface area contributed by atoms with E-state index >= 15 is 0 Å². The maximum absolute atomic E-state index is 3.64. The minimum atomic E-state index is 0.603. The zero-order chi connectivity index (χ0) is 13.4. The molecule has 2 aliphatic heterocycles. The molecular formula is C18H20N2. The first-order valence-corrected chi connectivity index (χ1v) is 7.58. The largest absolute Gasteiger partial charge is 0.383 e. The second kappa shape index (κ2) is 4.86. The Morgan fingerprint density at radius 2 is 1.70 bits per heavy atom. The van der Waals surface area contributed by atoms with Crippen molar-refractivity contribution < 1.29 is 0 Å². The van der Waals surface area contributed by atoms with Crippen LogP contribution in [-0.2, 0) is 12.8 Å². The summed E-state index contributed by atoms with van der Waals surface area (Å²) in [6.45, 7) is 2.22. The molecular weight excluding hydrogens is 244 g/mol. The number of hydrogen-bond acceptors (Lipinski definition) is 2. The molecule has 0 aromatic heterocycles. The Labute approximate surface area is 120 Å². The highest BCUT2D eigenvalue weighted by Gasteiger charge is 2.27. The van der Waals surface area contributed by atoms with Crippen molar-refractivity contribution in [1.82, 2.24) is 0 Å². The van der Waals surface area contributed by atoms with Crippen molar-refractivity contribution in [3.05, 3.63) is 59.7 Å². The van der Waals surface area contributed by atoms with E-state index in [1.807, 2.05) is 0 Å². The van der Waals surface area contributed by atoms with Gasteiger partial charge in [0.25, 0.3) is 0 Å². The average molecular weight is 264 g/mol. The zero-order valence-corrected chi connectivity index (χ0v) is 11.7. The van der Waals surface area contributed by atoms with Crippen molar-refractivity contribution in [2.75, 3.05) is 23.3 Å². The summed E-state index contributed by atoms with van der Waals surface area (Å²) < 4.78 is 0. The van der Waals surface area contributed by atoms with Crippen molar-refractivity contribution >= 4 is 11.4 Å². The van der Waals surface area contributed by atoms with Crippen LogP contribution in [0.25, 0.3) is 0 Å². The Kier molecular flexibility index (Phi) is 2.87. The van der Waals surface area contributed by atoms with Gasteiger partial charge in [0.2, 0.25) is 0 Å². The average Bonchev–Trinajstić information content (AvgIpc) is 2.81. The summed E-state index contributed by atoms with van der Waals surface area (Å²) >= 11 is 0. The van der Waals surface area contributed by atoms with Gasteiger partial charge < -0.3 is 10.2 Å². The molecule has 102 valence electrons. The van der Waals surface area contributed by atoms with E-state index in [4.69, 9.17) is 0 Å². The monoisotopic (exact) mass is 264 g/mol. The number of benzene rings is 2. The second-order valence-electron chi connectivity index (χ2n) is 5.80. The molecule has 2 nitrogen and oxygen atoms in total. The van der Waals surface area contributed by atoms with Gasteiger partial charge in [-0.1, -0.05) is 36.4 Å². The molecule has 0 saturated carbocycles. The van der Waals surface area contributed by atoms with Crippen LogP contribution < -0.4 is 10.2 Å². The van der Waals surface area contributed by atoms with Crippen molar-refractivity contribution in [3.8, 4) is 0 Å². The maximum atomic E-state index is 3.64. The molecule has 2 aliphatic rings. The van der Waals surface area contributed by atoms with Gasteiger partial charge in [-0.05, 0) is 42.5 Å². The molecule has 0 saturated heterocycles. The third-order valence-corrected chi connectivity index (χ3v) is 4.66. The number of nitrogens with one attached hydrogen (secondary N) is 1. The Morgan fingerprint density at radius 3 is 2.65 bits per heavy atom. The van der Waals surface area contributed by atoms with Crippen LogP contribution in [-0.4, -0.2) is 19.1 Å². The minimum Gasteiger partial charge on any atom is -0.383 e. The summed E-state index contributed by atoms with van der Waals surface area (Å²) in [5.74, 6) is 0. The van der Waals surface area contributed by atoms with Crippen LogP contribution in [0.1, 0.15) is 17.5 Å². The molecule has 2 aromatic carbocycles. The number of anilines is 2. The lowest BCUT2D eigenvalue weighted by Gasteiger charge is -2.29. The first-order valence-electron chi connectivity index (χ1n) is 7.58. The summed E-state index contributed by atoms with van der Waals surface area (Å²) in [7, 11) is 0. The van der Waals surface area contributed by atoms with E-state index < -0.39 is 0 Å². The zero-order valence-electron chi connectivity index (χ0n) is 11.7. The van der Waals surface area contributed by atoms with E-state index in [-0.39, 0.29) is 0 Å². The minimum absolute atomic E-state index is 0.603. The summed E-state index contributed by atoms with van der Waals surface area (Å²) in [4.78, 5) is 2.61. The van der Waals surface area contributed by atoms with E-state index in [0.717, 1.165) is 6.54 Å². The number of para-hydroxylation sites is 2. The first-order chi connectivity index (χ1) is 9.92. The van der Waals surface area contributed by atoms with Crippen LogP contribution in [0.4, 0.5) is 11.4 Å². The van der Waals surface area contributed by atoms with Crippen LogP contribution in [0.3, 0.4) is 0 Å². The molecule has 0 amide bonds. The Balaban J connectivity index is 1.58. The highest BCUT2D eigenvalue weighted by molar-refractivity contribution is 5.60. The quantitative estimate of drug-likeness (QED) is 0.848. The number of rotatable bonds is 1. The molecule has 4 rings (SSSR count). The fourth-order valence-electron chi connectivity index (χ4n) is 3.57. The fourth-order valence-corrected chi connectivity index (χ4v) is 3.57. The molecule has 0 fully saturated rings. The standard InChI is InChI=1S/C18H20N2/c1-3-7-17-14(5-1)9-10-16(13-19-17)20-12-11-15-6-2-4-8-18(15)20/h1-8,16,19H,9-13H2. The molecule has 1 N–H and O–H groups in total. The molecule has 0 bridgehead atoms. The lowest BCUT2D eigenvalue weighted by molar-refractivity contribution is 0.592. The number of hydrogen-bond donors (Lipinski definition) is 1. The third kappa shape index (κ3) is 1.96. The van der Waals surface area contributed by atoms with Crippen LogP contribution in [0.2, 0.25) is 0 Å². The van der Waals surface area contributed by atoms with E-state index in [1.165, 1.54) is 48.3 Å². The van der Waals surface area contributed by atoms with E-state index in [2.05, 4.69) is 58.7 Å². The van der Waals surface area contributed by atoms with Gasteiger partial charge in [0.1, 0.15) is 0 Å². The van der Waals surface area contributed by atoms with Crippen molar-refractivity contribution in [3.63, 3.8) is 0 Å². The first kappa shape index (κ1) is 11.8. The third-order valence-electron chi connectivity index (χ3n) is 4.66. The van der Waals surface area contributed by atoms with E-state index in [9.17, 15) is 0 Å². The van der Waals surface area contributed by atoms with Crippen molar-refractivity contribution in [2.45, 2.75) is 25.3 Å². The Morgan fingerprint density at radius 1 is 0.900 bits per heavy atom. The highest BCUT2D eigenvalue weighted by atomic mass is 15.2. The van der Waals surface area contributed by atoms with Crippen LogP contribution >= 0.6 is 0 Å². The SMILES string of the molecule is c1ccc2c(c1)CCC(N1CCc3ccccc31)CN2. The van der Waals surface area contributed by atoms with Gasteiger partial charge >= 0.3 is 0 Å². The van der Waals surface area contributed by atoms with Gasteiger partial charge in [-0.25, -0.2) is 0 Å². The molecule has 2 heteroatoms. The van der Waals surface area contributed by atoms with E-state index in [1.54, 1.807) is 0 Å². The number of nitrogens with zero attached hydrogens (tertiary/aromatic N) is 1. The fraction of sp³-hybridized carbons (Fsp3) is 0.333. The van der Waals surface area contributed by atoms with Crippen LogP contribution in [0.15, 0.2) is 48.5 Å². The molecule has 0 aliphatic carbocycles. The predicted octanol–water partition coefficient (Wildman–Crippen LogP) is 3.48. The normalized spacial score (nSPS) is 20.8. The Bertz CT molecular complexity index is 593. The lowest BCUT2D eigenvalue weighted by Crippen LogP contribution is -2.38. The van der Waals surface area contributed by atoms with Gasteiger partial charge in [-0.15, -0.1) is 0 Å². The summed E-state index contributed by atoms with van der Waals surface area (Å²) in [6, 6.07) is 18.2. The molecule has 0 spiro atoms. The summed E-state index contributed by atoms with van der Waals surface area (Å²) in [5, 5.41) is 3.64. The molecule has 0 radical (unpaired) electrons. The van der Waals surface area contributed by atoms with Crippen molar-refractivity contribution in [1.29, 1.82) is 0 Å². The van der Waals surface area contributed by atoms with Gasteiger partial charge in [0, 0.05) is 30.5 Å². The second-order valence-corrected chi connectivity index (χ2v) is 5.80.